The topological polar surface area (TPSA) is 58.7 Å². The molecule has 2 heterocycles. The second-order valence-corrected chi connectivity index (χ2v) is 7.90. The molecule has 4 nitrogen and oxygen atoms in total. The number of rotatable bonds is 1. The molecule has 126 valence electrons. The number of fused-ring (bicyclic) bond motifs is 2. The number of aliphatic imine (C=N–C) groups is 1. The highest BCUT2D eigenvalue weighted by Gasteiger charge is 2.53. The lowest BCUT2D eigenvalue weighted by molar-refractivity contribution is -0.137. The Labute approximate surface area is 145 Å². The Kier molecular flexibility index (Phi) is 3.67. The number of thioether (sulfide) groups is 1. The molecule has 1 saturated carbocycles. The number of carbonyl (C=O) groups is 1. The van der Waals surface area contributed by atoms with Crippen LogP contribution in [0.4, 0.5) is 4.39 Å². The second-order valence-electron chi connectivity index (χ2n) is 6.86. The van der Waals surface area contributed by atoms with Crippen molar-refractivity contribution >= 4 is 22.8 Å². The number of nitrogens with zero attached hydrogens (tertiary/aromatic N) is 2. The first-order chi connectivity index (χ1) is 11.5. The molecule has 1 aliphatic carbocycles. The van der Waals surface area contributed by atoms with E-state index in [1.165, 1.54) is 17.8 Å². The van der Waals surface area contributed by atoms with Crippen molar-refractivity contribution in [1.82, 2.24) is 4.90 Å². The number of amides is 1. The normalized spacial score (nSPS) is 35.2. The summed E-state index contributed by atoms with van der Waals surface area (Å²) in [5.41, 5.74) is 5.86. The minimum Gasteiger partial charge on any atom is -0.379 e. The highest BCUT2D eigenvalue weighted by molar-refractivity contribution is 8.13. The van der Waals surface area contributed by atoms with Crippen LogP contribution in [0.15, 0.2) is 41.5 Å². The average molecular weight is 345 g/mol. The molecule has 2 aliphatic heterocycles. The zero-order valence-corrected chi connectivity index (χ0v) is 14.3. The molecule has 0 aromatic heterocycles. The summed E-state index contributed by atoms with van der Waals surface area (Å²) < 4.78 is 14.6. The number of allylic oxidation sites excluding steroid dienone is 1. The first-order valence-electron chi connectivity index (χ1n) is 8.19. The Bertz CT molecular complexity index is 750. The van der Waals surface area contributed by atoms with E-state index in [1.54, 1.807) is 24.1 Å². The van der Waals surface area contributed by atoms with Gasteiger partial charge in [-0.1, -0.05) is 36.0 Å². The number of halogens is 1. The van der Waals surface area contributed by atoms with Crippen LogP contribution in [0.1, 0.15) is 18.4 Å². The van der Waals surface area contributed by atoms with Gasteiger partial charge in [0, 0.05) is 30.5 Å². The van der Waals surface area contributed by atoms with Crippen molar-refractivity contribution in [2.75, 3.05) is 12.8 Å². The molecule has 6 heteroatoms. The van der Waals surface area contributed by atoms with E-state index >= 15 is 0 Å². The van der Waals surface area contributed by atoms with Crippen molar-refractivity contribution in [3.8, 4) is 0 Å². The number of nitrogens with two attached hydrogens (primary N) is 1. The first-order valence-corrected chi connectivity index (χ1v) is 9.18. The van der Waals surface area contributed by atoms with Crippen LogP contribution in [0.2, 0.25) is 0 Å². The lowest BCUT2D eigenvalue weighted by atomic mass is 9.61. The fraction of sp³-hybridized carbons (Fsp3) is 0.444. The molecule has 1 aromatic rings. The zero-order valence-electron chi connectivity index (χ0n) is 13.5. The summed E-state index contributed by atoms with van der Waals surface area (Å²) in [6.07, 6.45) is 5.31. The molecule has 4 atom stereocenters. The van der Waals surface area contributed by atoms with Crippen molar-refractivity contribution in [2.24, 2.45) is 28.5 Å². The lowest BCUT2D eigenvalue weighted by Crippen LogP contribution is -2.52. The Hall–Kier alpha value is -1.82. The van der Waals surface area contributed by atoms with Crippen LogP contribution in [-0.2, 0) is 10.3 Å². The van der Waals surface area contributed by atoms with Crippen LogP contribution in [0.25, 0.3) is 0 Å². The van der Waals surface area contributed by atoms with Crippen LogP contribution >= 0.6 is 11.8 Å². The maximum atomic E-state index is 14.6. The Morgan fingerprint density at radius 1 is 1.42 bits per heavy atom. The molecule has 2 N–H and O–H groups in total. The van der Waals surface area contributed by atoms with E-state index in [0.717, 1.165) is 12.2 Å². The van der Waals surface area contributed by atoms with Gasteiger partial charge in [0.05, 0.1) is 5.54 Å². The molecule has 1 aromatic carbocycles. The average Bonchev–Trinajstić information content (AvgIpc) is 2.57. The van der Waals surface area contributed by atoms with Crippen molar-refractivity contribution in [3.05, 3.63) is 47.9 Å². The van der Waals surface area contributed by atoms with Gasteiger partial charge in [-0.15, -0.1) is 0 Å². The summed E-state index contributed by atoms with van der Waals surface area (Å²) in [6.45, 7) is 0. The van der Waals surface area contributed by atoms with E-state index < -0.39 is 5.54 Å². The second kappa shape index (κ2) is 5.62. The van der Waals surface area contributed by atoms with E-state index in [-0.39, 0.29) is 29.5 Å². The van der Waals surface area contributed by atoms with Gasteiger partial charge < -0.3 is 10.6 Å². The third-order valence-electron chi connectivity index (χ3n) is 5.58. The number of amidine groups is 1. The van der Waals surface area contributed by atoms with Crippen molar-refractivity contribution in [2.45, 2.75) is 18.4 Å². The van der Waals surface area contributed by atoms with Gasteiger partial charge >= 0.3 is 0 Å². The smallest absolute Gasteiger partial charge is 0.230 e. The predicted molar refractivity (Wildman–Crippen MR) is 93.8 cm³/mol. The van der Waals surface area contributed by atoms with Gasteiger partial charge in [-0.2, -0.15) is 0 Å². The molecule has 0 spiro atoms. The highest BCUT2D eigenvalue weighted by Crippen LogP contribution is 2.54. The van der Waals surface area contributed by atoms with Gasteiger partial charge in [-0.3, -0.25) is 9.79 Å². The van der Waals surface area contributed by atoms with E-state index in [0.29, 0.717) is 17.2 Å². The van der Waals surface area contributed by atoms with E-state index in [1.807, 2.05) is 12.3 Å². The summed E-state index contributed by atoms with van der Waals surface area (Å²) in [7, 11) is 1.77. The monoisotopic (exact) mass is 345 g/mol. The minimum atomic E-state index is -0.733. The Morgan fingerprint density at radius 2 is 2.21 bits per heavy atom. The molecular formula is C18H20FN3OS. The molecule has 1 fully saturated rings. The number of hydrogen-bond acceptors (Lipinski definition) is 4. The summed E-state index contributed by atoms with van der Waals surface area (Å²) >= 11 is 1.53. The van der Waals surface area contributed by atoms with Crippen molar-refractivity contribution in [3.63, 3.8) is 0 Å². The van der Waals surface area contributed by atoms with Crippen LogP contribution in [0.5, 0.6) is 0 Å². The van der Waals surface area contributed by atoms with Gasteiger partial charge in [0.2, 0.25) is 5.91 Å². The number of hydrogen-bond donors (Lipinski definition) is 1. The summed E-state index contributed by atoms with van der Waals surface area (Å²) in [4.78, 5) is 19.0. The quantitative estimate of drug-likeness (QED) is 0.851. The maximum Gasteiger partial charge on any atom is 0.230 e. The van der Waals surface area contributed by atoms with Crippen LogP contribution in [0.3, 0.4) is 0 Å². The van der Waals surface area contributed by atoms with Crippen molar-refractivity contribution < 1.29 is 9.18 Å². The fourth-order valence-electron chi connectivity index (χ4n) is 4.36. The Balaban J connectivity index is 1.84. The highest BCUT2D eigenvalue weighted by atomic mass is 32.2. The van der Waals surface area contributed by atoms with Gasteiger partial charge in [0.1, 0.15) is 5.82 Å². The fourth-order valence-corrected chi connectivity index (χ4v) is 5.37. The van der Waals surface area contributed by atoms with E-state index in [4.69, 9.17) is 10.7 Å². The largest absolute Gasteiger partial charge is 0.379 e. The Morgan fingerprint density at radius 3 is 3.00 bits per heavy atom. The standard InChI is InChI=1S/C18H20FN3OS/c1-22-7-6-11-8-12-10-24-17(20)21-18(12,9-13(11)16(22)23)14-4-2-3-5-15(14)19/h2-7,11-13H,8-10H2,1H3,(H2,20,21)/t11?,12-,13?,18-/m0/s1. The van der Waals surface area contributed by atoms with Gasteiger partial charge in [0.25, 0.3) is 0 Å². The molecule has 1 amide bonds. The molecule has 24 heavy (non-hydrogen) atoms. The third-order valence-corrected chi connectivity index (χ3v) is 6.54. The molecule has 3 aliphatic rings. The molecule has 4 rings (SSSR count). The SMILES string of the molecule is CN1C=CC2C[C@H]3CSC(N)=N[C@@]3(c3ccccc3F)CC2C1=O. The van der Waals surface area contributed by atoms with E-state index in [9.17, 15) is 9.18 Å². The molecule has 2 unspecified atom stereocenters. The van der Waals surface area contributed by atoms with Gasteiger partial charge in [-0.25, -0.2) is 4.39 Å². The molecule has 0 radical (unpaired) electrons. The molecule has 0 saturated heterocycles. The minimum absolute atomic E-state index is 0.0867. The number of benzene rings is 1. The van der Waals surface area contributed by atoms with Crippen LogP contribution < -0.4 is 5.73 Å². The predicted octanol–water partition coefficient (Wildman–Crippen LogP) is 2.71. The maximum absolute atomic E-state index is 14.6. The van der Waals surface area contributed by atoms with Gasteiger partial charge in [0.15, 0.2) is 5.17 Å². The van der Waals surface area contributed by atoms with Gasteiger partial charge in [-0.05, 0) is 30.7 Å². The number of carbonyl (C=O) groups excluding carboxylic acids is 1. The summed E-state index contributed by atoms with van der Waals surface area (Å²) in [5, 5.41) is 0.486. The summed E-state index contributed by atoms with van der Waals surface area (Å²) in [6, 6.07) is 6.78. The van der Waals surface area contributed by atoms with E-state index in [2.05, 4.69) is 6.08 Å². The third kappa shape index (κ3) is 2.27. The lowest BCUT2D eigenvalue weighted by Gasteiger charge is -2.50. The van der Waals surface area contributed by atoms with Crippen LogP contribution in [0, 0.1) is 23.6 Å². The van der Waals surface area contributed by atoms with Crippen molar-refractivity contribution in [1.29, 1.82) is 0 Å². The molecular weight excluding hydrogens is 325 g/mol. The first kappa shape index (κ1) is 15.7. The molecule has 0 bridgehead atoms. The van der Waals surface area contributed by atoms with Crippen LogP contribution in [-0.4, -0.2) is 28.8 Å². The summed E-state index contributed by atoms with van der Waals surface area (Å²) in [5.74, 6) is 0.836. The zero-order chi connectivity index (χ0) is 16.9.